The molecule has 0 radical (unpaired) electrons. The van der Waals surface area contributed by atoms with E-state index in [2.05, 4.69) is 25.6 Å². The summed E-state index contributed by atoms with van der Waals surface area (Å²) in [6.07, 6.45) is 4.86. The highest BCUT2D eigenvalue weighted by Crippen LogP contribution is 2.22. The first-order valence-corrected chi connectivity index (χ1v) is 8.37. The van der Waals surface area contributed by atoms with Gasteiger partial charge < -0.3 is 10.6 Å². The highest BCUT2D eigenvalue weighted by atomic mass is 16.1. The molecule has 2 aromatic heterocycles. The number of aromatic nitrogens is 3. The van der Waals surface area contributed by atoms with Gasteiger partial charge in [-0.2, -0.15) is 0 Å². The molecule has 0 spiro atoms. The Morgan fingerprint density at radius 3 is 2.38 bits per heavy atom. The van der Waals surface area contributed by atoms with Crippen molar-refractivity contribution in [3.05, 3.63) is 77.0 Å². The Kier molecular flexibility index (Phi) is 5.22. The quantitative estimate of drug-likeness (QED) is 0.736. The number of hydrogen-bond donors (Lipinski definition) is 2. The average molecular weight is 347 g/mol. The van der Waals surface area contributed by atoms with Gasteiger partial charge in [0.1, 0.15) is 17.8 Å². The third-order valence-corrected chi connectivity index (χ3v) is 4.04. The molecule has 26 heavy (non-hydrogen) atoms. The minimum absolute atomic E-state index is 0.255. The number of anilines is 2. The number of amides is 1. The molecule has 0 unspecified atom stereocenters. The second-order valence-electron chi connectivity index (χ2n) is 6.23. The smallest absolute Gasteiger partial charge is 0.274 e. The van der Waals surface area contributed by atoms with Gasteiger partial charge in [0.25, 0.3) is 5.91 Å². The predicted octanol–water partition coefficient (Wildman–Crippen LogP) is 3.66. The molecular formula is C20H21N5O. The van der Waals surface area contributed by atoms with E-state index in [0.29, 0.717) is 18.1 Å². The van der Waals surface area contributed by atoms with E-state index >= 15 is 0 Å². The maximum Gasteiger partial charge on any atom is 0.274 e. The molecule has 0 atom stereocenters. The van der Waals surface area contributed by atoms with Crippen LogP contribution in [0.1, 0.15) is 32.7 Å². The van der Waals surface area contributed by atoms with Crippen LogP contribution in [0.2, 0.25) is 0 Å². The number of nitrogens with one attached hydrogen (secondary N) is 2. The summed E-state index contributed by atoms with van der Waals surface area (Å²) in [5.41, 5.74) is 5.45. The summed E-state index contributed by atoms with van der Waals surface area (Å²) in [5.74, 6) is 0.341. The van der Waals surface area contributed by atoms with Crippen LogP contribution in [-0.4, -0.2) is 20.9 Å². The number of aryl methyl sites for hydroxylation is 3. The molecule has 0 saturated heterocycles. The van der Waals surface area contributed by atoms with E-state index in [4.69, 9.17) is 0 Å². The van der Waals surface area contributed by atoms with E-state index in [1.165, 1.54) is 11.9 Å². The SMILES string of the molecule is Cc1cc(C)c(NC(=O)c2cc(NCc3ccncc3)ncn2)c(C)c1. The Bertz CT molecular complexity index is 901. The van der Waals surface area contributed by atoms with Crippen molar-refractivity contribution >= 4 is 17.4 Å². The Hall–Kier alpha value is -3.28. The van der Waals surface area contributed by atoms with Crippen LogP contribution in [0.15, 0.2) is 49.1 Å². The van der Waals surface area contributed by atoms with E-state index in [1.54, 1.807) is 18.5 Å². The number of benzene rings is 1. The van der Waals surface area contributed by atoms with Crippen LogP contribution < -0.4 is 10.6 Å². The van der Waals surface area contributed by atoms with Crippen molar-refractivity contribution in [3.8, 4) is 0 Å². The predicted molar refractivity (Wildman–Crippen MR) is 102 cm³/mol. The third-order valence-electron chi connectivity index (χ3n) is 4.04. The van der Waals surface area contributed by atoms with Gasteiger partial charge in [-0.25, -0.2) is 9.97 Å². The Balaban J connectivity index is 1.72. The van der Waals surface area contributed by atoms with Crippen molar-refractivity contribution in [2.45, 2.75) is 27.3 Å². The van der Waals surface area contributed by atoms with Gasteiger partial charge in [0.15, 0.2) is 0 Å². The Morgan fingerprint density at radius 2 is 1.69 bits per heavy atom. The van der Waals surface area contributed by atoms with Gasteiger partial charge in [0.05, 0.1) is 0 Å². The van der Waals surface area contributed by atoms with Crippen LogP contribution in [0, 0.1) is 20.8 Å². The number of nitrogens with zero attached hydrogens (tertiary/aromatic N) is 3. The summed E-state index contributed by atoms with van der Waals surface area (Å²) in [4.78, 5) is 24.9. The zero-order valence-corrected chi connectivity index (χ0v) is 15.1. The van der Waals surface area contributed by atoms with E-state index < -0.39 is 0 Å². The van der Waals surface area contributed by atoms with Crippen LogP contribution >= 0.6 is 0 Å². The second kappa shape index (κ2) is 7.74. The summed E-state index contributed by atoms with van der Waals surface area (Å²) >= 11 is 0. The number of rotatable bonds is 5. The molecule has 0 fully saturated rings. The molecule has 1 aromatic carbocycles. The molecule has 0 aliphatic heterocycles. The lowest BCUT2D eigenvalue weighted by atomic mass is 10.0. The minimum Gasteiger partial charge on any atom is -0.366 e. The van der Waals surface area contributed by atoms with Crippen LogP contribution in [0.5, 0.6) is 0 Å². The van der Waals surface area contributed by atoms with E-state index in [0.717, 1.165) is 22.4 Å². The average Bonchev–Trinajstić information content (AvgIpc) is 2.64. The molecule has 6 heteroatoms. The van der Waals surface area contributed by atoms with Crippen LogP contribution in [0.4, 0.5) is 11.5 Å². The van der Waals surface area contributed by atoms with Crippen molar-refractivity contribution in [1.82, 2.24) is 15.0 Å². The van der Waals surface area contributed by atoms with Crippen molar-refractivity contribution in [2.24, 2.45) is 0 Å². The monoisotopic (exact) mass is 347 g/mol. The van der Waals surface area contributed by atoms with Gasteiger partial charge in [-0.1, -0.05) is 17.7 Å². The molecule has 3 rings (SSSR count). The van der Waals surface area contributed by atoms with Gasteiger partial charge in [-0.05, 0) is 49.6 Å². The fourth-order valence-electron chi connectivity index (χ4n) is 2.83. The highest BCUT2D eigenvalue weighted by molar-refractivity contribution is 6.04. The lowest BCUT2D eigenvalue weighted by Gasteiger charge is -2.13. The summed E-state index contributed by atoms with van der Waals surface area (Å²) in [7, 11) is 0. The Morgan fingerprint density at radius 1 is 1.00 bits per heavy atom. The van der Waals surface area contributed by atoms with Crippen molar-refractivity contribution in [1.29, 1.82) is 0 Å². The number of carbonyl (C=O) groups excluding carboxylic acids is 1. The second-order valence-corrected chi connectivity index (χ2v) is 6.23. The van der Waals surface area contributed by atoms with Crippen molar-refractivity contribution < 1.29 is 4.79 Å². The van der Waals surface area contributed by atoms with Gasteiger partial charge in [-0.15, -0.1) is 0 Å². The van der Waals surface area contributed by atoms with Gasteiger partial charge in [0, 0.05) is 30.7 Å². The number of hydrogen-bond acceptors (Lipinski definition) is 5. The molecule has 0 bridgehead atoms. The molecule has 1 amide bonds. The van der Waals surface area contributed by atoms with Crippen molar-refractivity contribution in [3.63, 3.8) is 0 Å². The van der Waals surface area contributed by atoms with Gasteiger partial charge in [0.2, 0.25) is 0 Å². The zero-order valence-electron chi connectivity index (χ0n) is 15.1. The third kappa shape index (κ3) is 4.22. The molecular weight excluding hydrogens is 326 g/mol. The lowest BCUT2D eigenvalue weighted by molar-refractivity contribution is 0.102. The standard InChI is InChI=1S/C20H21N5O/c1-13-8-14(2)19(15(3)9-13)25-20(26)17-10-18(24-12-23-17)22-11-16-4-6-21-7-5-16/h4-10,12H,11H2,1-3H3,(H,25,26)(H,22,23,24). The van der Waals surface area contributed by atoms with Gasteiger partial charge in [-0.3, -0.25) is 9.78 Å². The first-order valence-electron chi connectivity index (χ1n) is 8.37. The lowest BCUT2D eigenvalue weighted by Crippen LogP contribution is -2.16. The topological polar surface area (TPSA) is 79.8 Å². The Labute approximate surface area is 152 Å². The summed E-state index contributed by atoms with van der Waals surface area (Å²) in [5, 5.41) is 6.15. The summed E-state index contributed by atoms with van der Waals surface area (Å²) < 4.78 is 0. The normalized spacial score (nSPS) is 10.4. The number of pyridine rings is 1. The molecule has 2 N–H and O–H groups in total. The fraction of sp³-hybridized carbons (Fsp3) is 0.200. The largest absolute Gasteiger partial charge is 0.366 e. The van der Waals surface area contributed by atoms with Crippen molar-refractivity contribution in [2.75, 3.05) is 10.6 Å². The summed E-state index contributed by atoms with van der Waals surface area (Å²) in [6, 6.07) is 9.58. The minimum atomic E-state index is -0.255. The maximum atomic E-state index is 12.6. The highest BCUT2D eigenvalue weighted by Gasteiger charge is 2.12. The molecule has 0 aliphatic rings. The van der Waals surface area contributed by atoms with E-state index in [-0.39, 0.29) is 5.91 Å². The fourth-order valence-corrected chi connectivity index (χ4v) is 2.83. The van der Waals surface area contributed by atoms with Crippen LogP contribution in [-0.2, 0) is 6.54 Å². The zero-order chi connectivity index (χ0) is 18.5. The van der Waals surface area contributed by atoms with Crippen LogP contribution in [0.25, 0.3) is 0 Å². The van der Waals surface area contributed by atoms with E-state index in [1.807, 2.05) is 45.0 Å². The summed E-state index contributed by atoms with van der Waals surface area (Å²) in [6.45, 7) is 6.60. The molecule has 2 heterocycles. The molecule has 0 saturated carbocycles. The van der Waals surface area contributed by atoms with E-state index in [9.17, 15) is 4.79 Å². The maximum absolute atomic E-state index is 12.6. The number of carbonyl (C=O) groups is 1. The first kappa shape index (κ1) is 17.5. The molecule has 3 aromatic rings. The molecule has 0 aliphatic carbocycles. The van der Waals surface area contributed by atoms with Crippen LogP contribution in [0.3, 0.4) is 0 Å². The molecule has 6 nitrogen and oxygen atoms in total. The first-order chi connectivity index (χ1) is 12.5. The van der Waals surface area contributed by atoms with Gasteiger partial charge >= 0.3 is 0 Å². The molecule has 132 valence electrons.